The van der Waals surface area contributed by atoms with Crippen LogP contribution in [-0.4, -0.2) is 50.1 Å². The van der Waals surface area contributed by atoms with Crippen LogP contribution in [0.2, 0.25) is 0 Å². The Labute approximate surface area is 171 Å². The quantitative estimate of drug-likeness (QED) is 0.546. The fraction of sp³-hybridized carbons (Fsp3) is 0.350. The van der Waals surface area contributed by atoms with E-state index in [-0.39, 0.29) is 17.3 Å². The standard InChI is InChI=1S/C20H22N4O6/c25-15(26)10-22-19(29)16-17(27)14(18(28)23-12-5-2-1-3-6-12)11-24(20(16)30)13-7-4-8-21-9-13/h4,7-9,11-12,27H,1-3,5-6,10H2,(H,22,29)(H,23,28)(H,25,26). The summed E-state index contributed by atoms with van der Waals surface area (Å²) >= 11 is 0. The molecule has 0 saturated heterocycles. The van der Waals surface area contributed by atoms with E-state index in [1.54, 1.807) is 12.1 Å². The van der Waals surface area contributed by atoms with E-state index in [4.69, 9.17) is 5.11 Å². The zero-order chi connectivity index (χ0) is 21.7. The van der Waals surface area contributed by atoms with Gasteiger partial charge < -0.3 is 20.8 Å². The van der Waals surface area contributed by atoms with Gasteiger partial charge in [0.2, 0.25) is 0 Å². The Morgan fingerprint density at radius 3 is 2.53 bits per heavy atom. The summed E-state index contributed by atoms with van der Waals surface area (Å²) in [5.74, 6) is -3.83. The Morgan fingerprint density at radius 1 is 1.17 bits per heavy atom. The fourth-order valence-electron chi connectivity index (χ4n) is 3.42. The van der Waals surface area contributed by atoms with Crippen molar-refractivity contribution in [1.29, 1.82) is 0 Å². The summed E-state index contributed by atoms with van der Waals surface area (Å²) in [5.41, 5.74) is -1.60. The lowest BCUT2D eigenvalue weighted by molar-refractivity contribution is -0.135. The van der Waals surface area contributed by atoms with Gasteiger partial charge in [-0.2, -0.15) is 0 Å². The summed E-state index contributed by atoms with van der Waals surface area (Å²) in [6.07, 6.45) is 8.68. The van der Waals surface area contributed by atoms with Gasteiger partial charge in [0.15, 0.2) is 0 Å². The van der Waals surface area contributed by atoms with E-state index in [2.05, 4.69) is 10.3 Å². The van der Waals surface area contributed by atoms with Crippen LogP contribution in [0, 0.1) is 0 Å². The van der Waals surface area contributed by atoms with E-state index < -0.39 is 41.2 Å². The molecule has 4 N–H and O–H groups in total. The summed E-state index contributed by atoms with van der Waals surface area (Å²) < 4.78 is 1.03. The van der Waals surface area contributed by atoms with E-state index in [0.29, 0.717) is 0 Å². The first kappa shape index (κ1) is 21.0. The predicted molar refractivity (Wildman–Crippen MR) is 106 cm³/mol. The number of rotatable bonds is 6. The van der Waals surface area contributed by atoms with E-state index in [1.165, 1.54) is 12.4 Å². The van der Waals surface area contributed by atoms with Crippen LogP contribution in [0.15, 0.2) is 35.5 Å². The lowest BCUT2D eigenvalue weighted by atomic mass is 9.95. The van der Waals surface area contributed by atoms with Crippen molar-refractivity contribution in [2.24, 2.45) is 0 Å². The van der Waals surface area contributed by atoms with Crippen LogP contribution in [0.3, 0.4) is 0 Å². The SMILES string of the molecule is O=C(O)CNC(=O)c1c(O)c(C(=O)NC2CCCCC2)cn(-c2cccnc2)c1=O. The molecule has 0 bridgehead atoms. The molecule has 158 valence electrons. The molecule has 1 saturated carbocycles. The molecular formula is C20H22N4O6. The van der Waals surface area contributed by atoms with Crippen molar-refractivity contribution in [3.05, 3.63) is 52.2 Å². The van der Waals surface area contributed by atoms with Gasteiger partial charge in [-0.15, -0.1) is 0 Å². The molecule has 10 nitrogen and oxygen atoms in total. The average Bonchev–Trinajstić information content (AvgIpc) is 2.73. The third kappa shape index (κ3) is 4.65. The number of amides is 2. The van der Waals surface area contributed by atoms with Crippen molar-refractivity contribution < 1.29 is 24.6 Å². The molecule has 2 aromatic rings. The highest BCUT2D eigenvalue weighted by Crippen LogP contribution is 2.23. The molecule has 2 aromatic heterocycles. The van der Waals surface area contributed by atoms with Gasteiger partial charge in [-0.25, -0.2) is 0 Å². The zero-order valence-electron chi connectivity index (χ0n) is 16.1. The maximum Gasteiger partial charge on any atom is 0.322 e. The van der Waals surface area contributed by atoms with E-state index in [9.17, 15) is 24.3 Å². The highest BCUT2D eigenvalue weighted by molar-refractivity contribution is 6.04. The van der Waals surface area contributed by atoms with Gasteiger partial charge in [0.05, 0.1) is 17.4 Å². The van der Waals surface area contributed by atoms with Crippen molar-refractivity contribution in [3.8, 4) is 11.4 Å². The van der Waals surface area contributed by atoms with Gasteiger partial charge in [-0.1, -0.05) is 19.3 Å². The second-order valence-corrected chi connectivity index (χ2v) is 7.04. The van der Waals surface area contributed by atoms with Crippen LogP contribution >= 0.6 is 0 Å². The van der Waals surface area contributed by atoms with Crippen LogP contribution in [0.1, 0.15) is 52.8 Å². The topological polar surface area (TPSA) is 151 Å². The average molecular weight is 414 g/mol. The molecule has 30 heavy (non-hydrogen) atoms. The second-order valence-electron chi connectivity index (χ2n) is 7.04. The van der Waals surface area contributed by atoms with Gasteiger partial charge in [-0.3, -0.25) is 28.7 Å². The minimum absolute atomic E-state index is 0.0614. The van der Waals surface area contributed by atoms with Crippen molar-refractivity contribution in [3.63, 3.8) is 0 Å². The molecule has 1 aliphatic carbocycles. The Balaban J connectivity index is 2.05. The van der Waals surface area contributed by atoms with E-state index in [1.807, 2.05) is 5.32 Å². The van der Waals surface area contributed by atoms with Crippen LogP contribution < -0.4 is 16.2 Å². The molecular weight excluding hydrogens is 392 g/mol. The first-order valence-electron chi connectivity index (χ1n) is 9.58. The number of carboxylic acids is 1. The zero-order valence-corrected chi connectivity index (χ0v) is 16.1. The third-order valence-electron chi connectivity index (χ3n) is 4.92. The predicted octanol–water partition coefficient (Wildman–Crippen LogP) is 0.815. The smallest absolute Gasteiger partial charge is 0.322 e. The first-order valence-corrected chi connectivity index (χ1v) is 9.58. The number of hydrogen-bond acceptors (Lipinski definition) is 6. The van der Waals surface area contributed by atoms with Gasteiger partial charge in [0, 0.05) is 18.4 Å². The first-order chi connectivity index (χ1) is 14.4. The summed E-state index contributed by atoms with van der Waals surface area (Å²) in [4.78, 5) is 52.8. The Morgan fingerprint density at radius 2 is 1.90 bits per heavy atom. The molecule has 10 heteroatoms. The Bertz CT molecular complexity index is 1010. The maximum atomic E-state index is 12.9. The van der Waals surface area contributed by atoms with Crippen molar-refractivity contribution in [1.82, 2.24) is 20.2 Å². The van der Waals surface area contributed by atoms with Crippen LogP contribution in [0.25, 0.3) is 5.69 Å². The third-order valence-corrected chi connectivity index (χ3v) is 4.92. The Hall–Kier alpha value is -3.69. The lowest BCUT2D eigenvalue weighted by Crippen LogP contribution is -2.39. The van der Waals surface area contributed by atoms with Crippen molar-refractivity contribution in [2.45, 2.75) is 38.1 Å². The normalized spacial score (nSPS) is 14.1. The largest absolute Gasteiger partial charge is 0.506 e. The number of hydrogen-bond donors (Lipinski definition) is 4. The maximum absolute atomic E-state index is 12.9. The number of nitrogens with zero attached hydrogens (tertiary/aromatic N) is 2. The van der Waals surface area contributed by atoms with Crippen molar-refractivity contribution >= 4 is 17.8 Å². The summed E-state index contributed by atoms with van der Waals surface area (Å²) in [5, 5.41) is 24.2. The number of carbonyl (C=O) groups excluding carboxylic acids is 2. The highest BCUT2D eigenvalue weighted by Gasteiger charge is 2.27. The van der Waals surface area contributed by atoms with Gasteiger partial charge >= 0.3 is 5.97 Å². The van der Waals surface area contributed by atoms with Crippen LogP contribution in [0.4, 0.5) is 0 Å². The van der Waals surface area contributed by atoms with Gasteiger partial charge in [0.25, 0.3) is 17.4 Å². The number of carboxylic acid groups (broad SMARTS) is 1. The van der Waals surface area contributed by atoms with E-state index in [0.717, 1.165) is 42.9 Å². The second kappa shape index (κ2) is 9.21. The molecule has 1 aliphatic rings. The molecule has 2 heterocycles. The number of nitrogens with one attached hydrogen (secondary N) is 2. The van der Waals surface area contributed by atoms with Gasteiger partial charge in [0.1, 0.15) is 17.9 Å². The molecule has 1 fully saturated rings. The minimum Gasteiger partial charge on any atom is -0.506 e. The molecule has 0 aromatic carbocycles. The monoisotopic (exact) mass is 414 g/mol. The minimum atomic E-state index is -1.32. The summed E-state index contributed by atoms with van der Waals surface area (Å²) in [7, 11) is 0. The number of aromatic nitrogens is 2. The Kier molecular flexibility index (Phi) is 6.45. The number of aromatic hydroxyl groups is 1. The van der Waals surface area contributed by atoms with Gasteiger partial charge in [-0.05, 0) is 25.0 Å². The molecule has 3 rings (SSSR count). The number of carbonyl (C=O) groups is 3. The number of pyridine rings is 2. The van der Waals surface area contributed by atoms with E-state index >= 15 is 0 Å². The number of aliphatic carboxylic acids is 1. The van der Waals surface area contributed by atoms with Crippen molar-refractivity contribution in [2.75, 3.05) is 6.54 Å². The lowest BCUT2D eigenvalue weighted by Gasteiger charge is -2.23. The molecule has 0 spiro atoms. The molecule has 0 aliphatic heterocycles. The summed E-state index contributed by atoms with van der Waals surface area (Å²) in [6.45, 7) is -0.747. The van der Waals surface area contributed by atoms with Crippen LogP contribution in [-0.2, 0) is 4.79 Å². The molecule has 0 atom stereocenters. The molecule has 0 unspecified atom stereocenters. The fourth-order valence-corrected chi connectivity index (χ4v) is 3.42. The molecule has 0 radical (unpaired) electrons. The molecule has 2 amide bonds. The summed E-state index contributed by atoms with van der Waals surface area (Å²) in [6, 6.07) is 3.06. The van der Waals surface area contributed by atoms with Crippen LogP contribution in [0.5, 0.6) is 5.75 Å². The highest BCUT2D eigenvalue weighted by atomic mass is 16.4.